The Bertz CT molecular complexity index is 1180. The van der Waals surface area contributed by atoms with Crippen LogP contribution >= 0.6 is 136 Å². The smallest absolute Gasteiger partial charge is 0.315 e. The quantitative estimate of drug-likeness (QED) is 0.108. The van der Waals surface area contributed by atoms with Crippen LogP contribution in [0.2, 0.25) is 0 Å². The van der Waals surface area contributed by atoms with Crippen molar-refractivity contribution in [1.82, 2.24) is 10.6 Å². The van der Waals surface area contributed by atoms with Gasteiger partial charge in [0.1, 0.15) is 37.6 Å². The minimum atomic E-state index is -0.911. The zero-order valence-electron chi connectivity index (χ0n) is 21.4. The molecule has 0 atom stereocenters. The normalized spacial score (nSPS) is 10.4. The second-order valence-electron chi connectivity index (χ2n) is 8.01. The minimum absolute atomic E-state index is 0.172. The Balaban J connectivity index is 1.55. The summed E-state index contributed by atoms with van der Waals surface area (Å²) in [7, 11) is 0. The molecule has 42 heavy (non-hydrogen) atoms. The Hall–Kier alpha value is -0.0300. The van der Waals surface area contributed by atoms with Gasteiger partial charge in [0.15, 0.2) is 13.2 Å². The van der Waals surface area contributed by atoms with Crippen molar-refractivity contribution in [2.45, 2.75) is 12.8 Å². The minimum Gasteiger partial charge on any atom is -0.490 e. The van der Waals surface area contributed by atoms with Crippen LogP contribution in [-0.2, 0) is 33.4 Å². The van der Waals surface area contributed by atoms with Gasteiger partial charge < -0.3 is 29.6 Å². The summed E-state index contributed by atoms with van der Waals surface area (Å²) in [6.45, 7) is -0.599. The molecule has 0 fully saturated rings. The van der Waals surface area contributed by atoms with Crippen molar-refractivity contribution in [2.75, 3.05) is 39.5 Å². The van der Waals surface area contributed by atoms with Gasteiger partial charge in [-0.2, -0.15) is 0 Å². The number of hydrogen-bond acceptors (Lipinski definition) is 9. The van der Waals surface area contributed by atoms with Crippen LogP contribution in [0.4, 0.5) is 0 Å². The van der Waals surface area contributed by atoms with Crippen molar-refractivity contribution in [2.24, 2.45) is 0 Å². The average molecular weight is 1260 g/mol. The summed E-state index contributed by atoms with van der Waals surface area (Å²) in [6.07, 6.45) is -1.17. The van der Waals surface area contributed by atoms with Gasteiger partial charge in [0.05, 0.1) is 27.4 Å². The second kappa shape index (κ2) is 20.2. The Kier molecular flexibility index (Phi) is 18.3. The highest BCUT2D eigenvalue weighted by molar-refractivity contribution is 14.1. The number of carbonyl (C=O) groups excluding carboxylic acids is 5. The molecule has 0 aromatic heterocycles. The molecule has 0 unspecified atom stereocenters. The van der Waals surface area contributed by atoms with Crippen LogP contribution < -0.4 is 20.1 Å². The molecule has 0 aliphatic heterocycles. The predicted octanol–water partition coefficient (Wildman–Crippen LogP) is 4.44. The molecule has 0 aliphatic rings. The number of ether oxygens (including phenoxy) is 4. The highest BCUT2D eigenvalue weighted by atomic mass is 127. The molecule has 0 aliphatic carbocycles. The number of halogens is 6. The molecule has 2 amide bonds. The summed E-state index contributed by atoms with van der Waals surface area (Å²) >= 11 is 13.1. The number of ketones is 1. The lowest BCUT2D eigenvalue weighted by atomic mass is 10.3. The third-order valence-corrected chi connectivity index (χ3v) is 9.12. The van der Waals surface area contributed by atoms with E-state index in [1.165, 1.54) is 0 Å². The Labute approximate surface area is 323 Å². The second-order valence-corrected chi connectivity index (χ2v) is 15.1. The fourth-order valence-corrected chi connectivity index (χ4v) is 10.7. The van der Waals surface area contributed by atoms with Crippen molar-refractivity contribution in [3.63, 3.8) is 0 Å². The van der Waals surface area contributed by atoms with Crippen molar-refractivity contribution in [1.29, 1.82) is 0 Å². The summed E-state index contributed by atoms with van der Waals surface area (Å²) in [6, 6.07) is 7.88. The monoisotopic (exact) mass is 1260 g/mol. The molecule has 2 rings (SSSR count). The summed E-state index contributed by atoms with van der Waals surface area (Å²) in [5, 5.41) is 5.08. The number of Topliss-reactive ketones (excluding diaryl/α,β-unsaturated/α-hetero) is 1. The number of rotatable bonds is 16. The molecular weight excluding hydrogens is 1230 g/mol. The number of hydrogen-bond donors (Lipinski definition) is 2. The summed E-state index contributed by atoms with van der Waals surface area (Å²) in [4.78, 5) is 59.4. The van der Waals surface area contributed by atoms with E-state index >= 15 is 0 Å². The fourth-order valence-electron chi connectivity index (χ4n) is 2.87. The number of carbonyl (C=O) groups is 5. The zero-order valence-corrected chi connectivity index (χ0v) is 34.4. The van der Waals surface area contributed by atoms with E-state index in [1.54, 1.807) is 0 Å². The molecule has 0 saturated carbocycles. The van der Waals surface area contributed by atoms with Crippen molar-refractivity contribution in [3.05, 3.63) is 45.7 Å². The molecule has 0 heterocycles. The number of benzene rings is 2. The molecule has 2 aromatic carbocycles. The average Bonchev–Trinajstić information content (AvgIpc) is 2.88. The van der Waals surface area contributed by atoms with Crippen LogP contribution in [0.3, 0.4) is 0 Å². The first kappa shape index (κ1) is 38.2. The highest BCUT2D eigenvalue weighted by Gasteiger charge is 2.16. The zero-order chi connectivity index (χ0) is 31.2. The largest absolute Gasteiger partial charge is 0.490 e. The Morgan fingerprint density at radius 1 is 0.571 bits per heavy atom. The fraction of sp³-hybridized carbons (Fsp3) is 0.320. The molecule has 17 heteroatoms. The van der Waals surface area contributed by atoms with Gasteiger partial charge in [-0.1, -0.05) is 0 Å². The van der Waals surface area contributed by atoms with Crippen LogP contribution in [0, 0.1) is 21.4 Å². The van der Waals surface area contributed by atoms with Gasteiger partial charge in [0.2, 0.25) is 17.6 Å². The van der Waals surface area contributed by atoms with E-state index in [0.29, 0.717) is 0 Å². The molecule has 0 bridgehead atoms. The van der Waals surface area contributed by atoms with Gasteiger partial charge in [-0.25, -0.2) is 0 Å². The summed E-state index contributed by atoms with van der Waals surface area (Å²) < 4.78 is 26.9. The van der Waals surface area contributed by atoms with Gasteiger partial charge in [-0.05, 0) is 160 Å². The predicted molar refractivity (Wildman–Crippen MR) is 202 cm³/mol. The van der Waals surface area contributed by atoms with Crippen LogP contribution in [0.1, 0.15) is 12.8 Å². The standard InChI is InChI=1S/C25H22I6N2O9/c26-13-5-16(28)24(17(29)6-13)39-3-1-32-20(35)9-22(37)41-11-15(34)12-42-23(38)10-21(36)33-2-4-40-25-18(30)7-14(27)8-19(25)31/h5-8H,1-4,9-12H2,(H,32,35)(H,33,36). The summed E-state index contributed by atoms with van der Waals surface area (Å²) in [5.74, 6) is -2.27. The lowest BCUT2D eigenvalue weighted by Crippen LogP contribution is -2.31. The Morgan fingerprint density at radius 3 is 1.24 bits per heavy atom. The lowest BCUT2D eigenvalue weighted by Gasteiger charge is -2.12. The lowest BCUT2D eigenvalue weighted by molar-refractivity contribution is -0.154. The van der Waals surface area contributed by atoms with Crippen LogP contribution in [0.15, 0.2) is 24.3 Å². The maximum absolute atomic E-state index is 11.9. The van der Waals surface area contributed by atoms with E-state index in [-0.39, 0.29) is 26.3 Å². The highest BCUT2D eigenvalue weighted by Crippen LogP contribution is 2.30. The van der Waals surface area contributed by atoms with E-state index in [2.05, 4.69) is 146 Å². The third-order valence-electron chi connectivity index (χ3n) is 4.67. The van der Waals surface area contributed by atoms with E-state index < -0.39 is 55.6 Å². The van der Waals surface area contributed by atoms with Crippen molar-refractivity contribution < 1.29 is 42.9 Å². The van der Waals surface area contributed by atoms with Crippen molar-refractivity contribution >= 4 is 165 Å². The first-order valence-corrected chi connectivity index (χ1v) is 18.2. The van der Waals surface area contributed by atoms with E-state index in [4.69, 9.17) is 18.9 Å². The maximum Gasteiger partial charge on any atom is 0.315 e. The molecule has 2 N–H and O–H groups in total. The molecule has 11 nitrogen and oxygen atoms in total. The molecule has 0 saturated heterocycles. The SMILES string of the molecule is O=C(COC(=O)CC(=O)NCCOc1c(I)cc(I)cc1I)COC(=O)CC(=O)NCCOc1c(I)cc(I)cc1I. The van der Waals surface area contributed by atoms with Crippen LogP contribution in [-0.4, -0.2) is 69.1 Å². The molecule has 228 valence electrons. The molecule has 0 radical (unpaired) electrons. The van der Waals surface area contributed by atoms with Crippen LogP contribution in [0.5, 0.6) is 11.5 Å². The van der Waals surface area contributed by atoms with Gasteiger partial charge in [-0.15, -0.1) is 0 Å². The summed E-state index contributed by atoms with van der Waals surface area (Å²) in [5.41, 5.74) is 0. The van der Waals surface area contributed by atoms with Crippen molar-refractivity contribution in [3.8, 4) is 11.5 Å². The molecule has 2 aromatic rings. The Morgan fingerprint density at radius 2 is 0.905 bits per heavy atom. The first-order valence-electron chi connectivity index (χ1n) is 11.8. The van der Waals surface area contributed by atoms with Crippen LogP contribution in [0.25, 0.3) is 0 Å². The topological polar surface area (TPSA) is 146 Å². The van der Waals surface area contributed by atoms with E-state index in [9.17, 15) is 24.0 Å². The third kappa shape index (κ3) is 14.8. The molecular formula is C25H22I6N2O9. The number of amides is 2. The van der Waals surface area contributed by atoms with Gasteiger partial charge in [-0.3, -0.25) is 24.0 Å². The number of esters is 2. The van der Waals surface area contributed by atoms with Gasteiger partial charge >= 0.3 is 11.9 Å². The first-order chi connectivity index (χ1) is 19.8. The van der Waals surface area contributed by atoms with Gasteiger partial charge in [0.25, 0.3) is 0 Å². The van der Waals surface area contributed by atoms with E-state index in [1.807, 2.05) is 24.3 Å². The van der Waals surface area contributed by atoms with E-state index in [0.717, 1.165) is 32.9 Å². The maximum atomic E-state index is 11.9. The number of nitrogens with one attached hydrogen (secondary N) is 2. The molecule has 0 spiro atoms. The van der Waals surface area contributed by atoms with Gasteiger partial charge in [0, 0.05) is 7.14 Å².